The van der Waals surface area contributed by atoms with Crippen molar-refractivity contribution < 1.29 is 21.2 Å². The van der Waals surface area contributed by atoms with Gasteiger partial charge < -0.3 is 0 Å². The Labute approximate surface area is 128 Å². The molecule has 2 rings (SSSR count). The molecule has 0 aliphatic carbocycles. The van der Waals surface area contributed by atoms with Gasteiger partial charge in [0.2, 0.25) is 10.0 Å². The van der Waals surface area contributed by atoms with E-state index in [0.29, 0.717) is 5.56 Å². The van der Waals surface area contributed by atoms with Crippen molar-refractivity contribution in [3.63, 3.8) is 0 Å². The molecule has 0 saturated carbocycles. The molecule has 2 aromatic rings. The number of benzene rings is 2. The highest BCUT2D eigenvalue weighted by atomic mass is 32.2. The van der Waals surface area contributed by atoms with Crippen molar-refractivity contribution in [1.29, 1.82) is 0 Å². The quantitative estimate of drug-likeness (QED) is 0.896. The van der Waals surface area contributed by atoms with Crippen molar-refractivity contribution in [2.45, 2.75) is 16.3 Å². The van der Waals surface area contributed by atoms with E-state index in [-0.39, 0.29) is 11.4 Å². The van der Waals surface area contributed by atoms with Crippen LogP contribution >= 0.6 is 0 Å². The second kappa shape index (κ2) is 6.15. The van der Waals surface area contributed by atoms with Gasteiger partial charge in [0.05, 0.1) is 4.90 Å². The van der Waals surface area contributed by atoms with Crippen LogP contribution in [0.3, 0.4) is 0 Å². The van der Waals surface area contributed by atoms with Crippen LogP contribution in [0.4, 0.5) is 4.39 Å². The third kappa shape index (κ3) is 3.90. The molecule has 0 saturated heterocycles. The molecule has 0 unspecified atom stereocenters. The summed E-state index contributed by atoms with van der Waals surface area (Å²) >= 11 is 0. The maximum absolute atomic E-state index is 13.5. The maximum Gasteiger partial charge on any atom is 0.243 e. The third-order valence-corrected chi connectivity index (χ3v) is 5.51. The Hall–Kier alpha value is -1.77. The molecule has 0 heterocycles. The number of hydrogen-bond acceptors (Lipinski definition) is 4. The molecule has 0 atom stereocenters. The number of halogens is 1. The fourth-order valence-corrected chi connectivity index (χ4v) is 3.50. The predicted molar refractivity (Wildman–Crippen MR) is 80.0 cm³/mol. The zero-order valence-electron chi connectivity index (χ0n) is 11.7. The monoisotopic (exact) mass is 343 g/mol. The topological polar surface area (TPSA) is 80.3 Å². The van der Waals surface area contributed by atoms with Crippen LogP contribution < -0.4 is 4.72 Å². The SMILES string of the molecule is CS(=O)(=O)c1ccc(CNS(=O)(=O)c2ccccc2F)cc1. The lowest BCUT2D eigenvalue weighted by Crippen LogP contribution is -2.24. The maximum atomic E-state index is 13.5. The molecule has 0 amide bonds. The summed E-state index contributed by atoms with van der Waals surface area (Å²) in [4.78, 5) is -0.282. The number of nitrogens with one attached hydrogen (secondary N) is 1. The summed E-state index contributed by atoms with van der Waals surface area (Å²) in [6.45, 7) is -0.0687. The summed E-state index contributed by atoms with van der Waals surface area (Å²) in [5.41, 5.74) is 0.562. The first-order valence-electron chi connectivity index (χ1n) is 6.23. The van der Waals surface area contributed by atoms with Crippen molar-refractivity contribution in [3.8, 4) is 0 Å². The minimum Gasteiger partial charge on any atom is -0.224 e. The molecule has 0 spiro atoms. The number of sulfonamides is 1. The lowest BCUT2D eigenvalue weighted by atomic mass is 10.2. The highest BCUT2D eigenvalue weighted by Crippen LogP contribution is 2.14. The first-order chi connectivity index (χ1) is 10.2. The van der Waals surface area contributed by atoms with Crippen molar-refractivity contribution in [1.82, 2.24) is 4.72 Å². The van der Waals surface area contributed by atoms with Crippen molar-refractivity contribution >= 4 is 19.9 Å². The van der Waals surface area contributed by atoms with Gasteiger partial charge in [-0.15, -0.1) is 0 Å². The number of hydrogen-bond donors (Lipinski definition) is 1. The van der Waals surface area contributed by atoms with Gasteiger partial charge in [-0.05, 0) is 29.8 Å². The highest BCUT2D eigenvalue weighted by Gasteiger charge is 2.18. The van der Waals surface area contributed by atoms with Gasteiger partial charge in [-0.25, -0.2) is 25.9 Å². The fraction of sp³-hybridized carbons (Fsp3) is 0.143. The van der Waals surface area contributed by atoms with Crippen LogP contribution in [0, 0.1) is 5.82 Å². The summed E-state index contributed by atoms with van der Waals surface area (Å²) in [6.07, 6.45) is 1.09. The minimum absolute atomic E-state index is 0.0687. The van der Waals surface area contributed by atoms with E-state index in [1.54, 1.807) is 0 Å². The Balaban J connectivity index is 2.15. The molecule has 22 heavy (non-hydrogen) atoms. The normalized spacial score (nSPS) is 12.3. The van der Waals surface area contributed by atoms with Gasteiger partial charge in [0.25, 0.3) is 0 Å². The summed E-state index contributed by atoms with van der Waals surface area (Å²) in [5.74, 6) is -0.831. The molecule has 1 N–H and O–H groups in total. The van der Waals surface area contributed by atoms with E-state index in [2.05, 4.69) is 4.72 Å². The van der Waals surface area contributed by atoms with Crippen molar-refractivity contribution in [3.05, 3.63) is 59.9 Å². The van der Waals surface area contributed by atoms with E-state index < -0.39 is 30.6 Å². The average molecular weight is 343 g/mol. The van der Waals surface area contributed by atoms with Crippen LogP contribution in [0.1, 0.15) is 5.56 Å². The molecule has 0 bridgehead atoms. The molecule has 0 fully saturated rings. The first-order valence-corrected chi connectivity index (χ1v) is 9.61. The van der Waals surface area contributed by atoms with E-state index in [1.807, 2.05) is 0 Å². The van der Waals surface area contributed by atoms with Crippen molar-refractivity contribution in [2.24, 2.45) is 0 Å². The lowest BCUT2D eigenvalue weighted by Gasteiger charge is -2.08. The molecular weight excluding hydrogens is 329 g/mol. The molecular formula is C14H14FNO4S2. The van der Waals surface area contributed by atoms with Gasteiger partial charge in [-0.3, -0.25) is 0 Å². The van der Waals surface area contributed by atoms with E-state index in [4.69, 9.17) is 0 Å². The Bertz CT molecular complexity index is 875. The van der Waals surface area contributed by atoms with Crippen molar-refractivity contribution in [2.75, 3.05) is 6.26 Å². The van der Waals surface area contributed by atoms with Gasteiger partial charge in [0.1, 0.15) is 10.7 Å². The Kier molecular flexibility index (Phi) is 4.64. The van der Waals surface area contributed by atoms with Crippen LogP contribution in [-0.4, -0.2) is 23.1 Å². The Morgan fingerprint density at radius 2 is 1.55 bits per heavy atom. The minimum atomic E-state index is -3.97. The lowest BCUT2D eigenvalue weighted by molar-refractivity contribution is 0.556. The van der Waals surface area contributed by atoms with Crippen LogP contribution in [-0.2, 0) is 26.4 Å². The smallest absolute Gasteiger partial charge is 0.224 e. The Morgan fingerprint density at radius 1 is 0.955 bits per heavy atom. The molecule has 118 valence electrons. The van der Waals surface area contributed by atoms with Gasteiger partial charge >= 0.3 is 0 Å². The molecule has 0 aliphatic rings. The first kappa shape index (κ1) is 16.6. The van der Waals surface area contributed by atoms with Crippen LogP contribution in [0.5, 0.6) is 0 Å². The zero-order valence-corrected chi connectivity index (χ0v) is 13.3. The summed E-state index contributed by atoms with van der Waals surface area (Å²) in [6, 6.07) is 10.8. The number of rotatable bonds is 5. The largest absolute Gasteiger partial charge is 0.243 e. The summed E-state index contributed by atoms with van der Waals surface area (Å²) in [5, 5.41) is 0. The zero-order chi connectivity index (χ0) is 16.4. The average Bonchev–Trinajstić information content (AvgIpc) is 2.45. The van der Waals surface area contributed by atoms with E-state index >= 15 is 0 Å². The molecule has 2 aromatic carbocycles. The predicted octanol–water partition coefficient (Wildman–Crippen LogP) is 1.71. The second-order valence-corrected chi connectivity index (χ2v) is 8.42. The highest BCUT2D eigenvalue weighted by molar-refractivity contribution is 7.90. The van der Waals surface area contributed by atoms with E-state index in [9.17, 15) is 21.2 Å². The van der Waals surface area contributed by atoms with Crippen LogP contribution in [0.25, 0.3) is 0 Å². The summed E-state index contributed by atoms with van der Waals surface area (Å²) < 4.78 is 62.5. The van der Waals surface area contributed by atoms with Crippen LogP contribution in [0.15, 0.2) is 58.3 Å². The van der Waals surface area contributed by atoms with Gasteiger partial charge in [0.15, 0.2) is 9.84 Å². The number of sulfone groups is 1. The molecule has 5 nitrogen and oxygen atoms in total. The fourth-order valence-electron chi connectivity index (χ4n) is 1.77. The van der Waals surface area contributed by atoms with Gasteiger partial charge in [-0.1, -0.05) is 24.3 Å². The van der Waals surface area contributed by atoms with Gasteiger partial charge in [0, 0.05) is 12.8 Å². The second-order valence-electron chi connectivity index (χ2n) is 4.67. The molecule has 8 heteroatoms. The summed E-state index contributed by atoms with van der Waals surface area (Å²) in [7, 11) is -7.27. The van der Waals surface area contributed by atoms with E-state index in [0.717, 1.165) is 12.3 Å². The standard InChI is InChI=1S/C14H14FNO4S2/c1-21(17,18)12-8-6-11(7-9-12)10-16-22(19,20)14-5-3-2-4-13(14)15/h2-9,16H,10H2,1H3. The third-order valence-electron chi connectivity index (χ3n) is 2.94. The molecule has 0 aromatic heterocycles. The molecule has 0 radical (unpaired) electrons. The molecule has 0 aliphatic heterocycles. The Morgan fingerprint density at radius 3 is 2.09 bits per heavy atom. The van der Waals surface area contributed by atoms with Gasteiger partial charge in [-0.2, -0.15) is 0 Å². The van der Waals surface area contributed by atoms with Crippen LogP contribution in [0.2, 0.25) is 0 Å². The van der Waals surface area contributed by atoms with E-state index in [1.165, 1.54) is 42.5 Å².